The number of carbonyl (C=O) groups excluding carboxylic acids is 1. The maximum absolute atomic E-state index is 13.4. The van der Waals surface area contributed by atoms with E-state index in [4.69, 9.17) is 14.5 Å². The monoisotopic (exact) mass is 464 g/mol. The lowest BCUT2D eigenvalue weighted by molar-refractivity contribution is 0.0986. The van der Waals surface area contributed by atoms with Gasteiger partial charge in [0.25, 0.3) is 5.91 Å². The summed E-state index contributed by atoms with van der Waals surface area (Å²) in [5, 5.41) is 2.75. The molecule has 4 rings (SSSR count). The average Bonchev–Trinajstić information content (AvgIpc) is 3.37. The molecule has 1 heterocycles. The maximum Gasteiger partial charge on any atom is 0.260 e. The van der Waals surface area contributed by atoms with Crippen molar-refractivity contribution in [3.8, 4) is 22.8 Å². The largest absolute Gasteiger partial charge is 0.493 e. The van der Waals surface area contributed by atoms with E-state index in [0.717, 1.165) is 17.7 Å². The summed E-state index contributed by atoms with van der Waals surface area (Å²) < 4.78 is 10.7. The summed E-state index contributed by atoms with van der Waals surface area (Å²) in [7, 11) is 3.16. The molecule has 3 aromatic rings. The smallest absolute Gasteiger partial charge is 0.260 e. The second kappa shape index (κ2) is 10.8. The molecule has 1 fully saturated rings. The van der Waals surface area contributed by atoms with E-state index in [1.807, 2.05) is 5.38 Å². The third-order valence-corrected chi connectivity index (χ3v) is 7.19. The molecular formula is C27H32N2O3S. The van der Waals surface area contributed by atoms with Crippen LogP contribution >= 0.6 is 11.3 Å². The Morgan fingerprint density at radius 2 is 1.76 bits per heavy atom. The van der Waals surface area contributed by atoms with Crippen LogP contribution in [-0.4, -0.2) is 31.7 Å². The molecule has 1 amide bonds. The van der Waals surface area contributed by atoms with Gasteiger partial charge in [-0.05, 0) is 48.9 Å². The van der Waals surface area contributed by atoms with Gasteiger partial charge in [0.2, 0.25) is 0 Å². The summed E-state index contributed by atoms with van der Waals surface area (Å²) in [6.45, 7) is 2.66. The first-order valence-electron chi connectivity index (χ1n) is 11.7. The lowest BCUT2D eigenvalue weighted by Gasteiger charge is -2.22. The average molecular weight is 465 g/mol. The van der Waals surface area contributed by atoms with E-state index >= 15 is 0 Å². The van der Waals surface area contributed by atoms with Crippen molar-refractivity contribution in [3.05, 3.63) is 59.0 Å². The number of ether oxygens (including phenoxy) is 2. The first kappa shape index (κ1) is 23.3. The molecule has 0 unspecified atom stereocenters. The van der Waals surface area contributed by atoms with Crippen molar-refractivity contribution in [3.63, 3.8) is 0 Å². The van der Waals surface area contributed by atoms with E-state index in [2.05, 4.69) is 31.2 Å². The second-order valence-corrected chi connectivity index (χ2v) is 9.34. The molecule has 0 atom stereocenters. The van der Waals surface area contributed by atoms with Crippen molar-refractivity contribution in [2.75, 3.05) is 25.7 Å². The van der Waals surface area contributed by atoms with Gasteiger partial charge in [-0.3, -0.25) is 9.69 Å². The third kappa shape index (κ3) is 5.22. The number of hydrogen-bond acceptors (Lipinski definition) is 5. The minimum absolute atomic E-state index is 0.0913. The van der Waals surface area contributed by atoms with E-state index in [9.17, 15) is 4.79 Å². The molecule has 0 bridgehead atoms. The molecule has 0 spiro atoms. The van der Waals surface area contributed by atoms with Gasteiger partial charge in [-0.25, -0.2) is 4.98 Å². The van der Waals surface area contributed by atoms with Crippen LogP contribution in [0.1, 0.15) is 67.3 Å². The number of nitrogens with zero attached hydrogens (tertiary/aromatic N) is 2. The maximum atomic E-state index is 13.4. The molecular weight excluding hydrogens is 432 g/mol. The summed E-state index contributed by atoms with van der Waals surface area (Å²) in [6.07, 6.45) is 7.47. The molecule has 33 heavy (non-hydrogen) atoms. The molecule has 0 radical (unpaired) electrons. The standard InChI is InChI=1S/C27H32N2O3S/c1-4-16-29(26(30)22-14-15-24(31-2)25(17-22)32-3)27-28-23(18-33-27)21-12-10-20(11-13-21)19-8-6-5-7-9-19/h10-15,17-19H,4-9,16H2,1-3H3. The van der Waals surface area contributed by atoms with Gasteiger partial charge in [-0.15, -0.1) is 11.3 Å². The fraction of sp³-hybridized carbons (Fsp3) is 0.407. The van der Waals surface area contributed by atoms with Crippen molar-refractivity contribution >= 4 is 22.4 Å². The van der Waals surface area contributed by atoms with E-state index in [0.29, 0.717) is 34.7 Å². The zero-order valence-corrected chi connectivity index (χ0v) is 20.5. The Morgan fingerprint density at radius 3 is 2.42 bits per heavy atom. The number of rotatable bonds is 8. The number of carbonyl (C=O) groups is 1. The predicted octanol–water partition coefficient (Wildman–Crippen LogP) is 6.93. The van der Waals surface area contributed by atoms with Gasteiger partial charge in [-0.1, -0.05) is 50.5 Å². The highest BCUT2D eigenvalue weighted by atomic mass is 32.1. The number of anilines is 1. The number of benzene rings is 2. The Balaban J connectivity index is 1.55. The van der Waals surface area contributed by atoms with E-state index < -0.39 is 0 Å². The molecule has 174 valence electrons. The first-order chi connectivity index (χ1) is 16.1. The Hall–Kier alpha value is -2.86. The summed E-state index contributed by atoms with van der Waals surface area (Å²) in [5.41, 5.74) is 3.98. The van der Waals surface area contributed by atoms with Crippen LogP contribution in [0.3, 0.4) is 0 Å². The molecule has 0 N–H and O–H groups in total. The van der Waals surface area contributed by atoms with Crippen LogP contribution in [0.4, 0.5) is 5.13 Å². The number of aromatic nitrogens is 1. The Morgan fingerprint density at radius 1 is 1.03 bits per heavy atom. The van der Waals surface area contributed by atoms with Crippen LogP contribution in [0.5, 0.6) is 11.5 Å². The second-order valence-electron chi connectivity index (χ2n) is 8.50. The first-order valence-corrected chi connectivity index (χ1v) is 12.6. The van der Waals surface area contributed by atoms with Gasteiger partial charge >= 0.3 is 0 Å². The lowest BCUT2D eigenvalue weighted by Crippen LogP contribution is -2.31. The van der Waals surface area contributed by atoms with Gasteiger partial charge in [0.1, 0.15) is 0 Å². The van der Waals surface area contributed by atoms with Gasteiger partial charge in [0.05, 0.1) is 19.9 Å². The molecule has 1 aliphatic carbocycles. The quantitative estimate of drug-likeness (QED) is 0.363. The van der Waals surface area contributed by atoms with Crippen LogP contribution in [0, 0.1) is 0 Å². The minimum Gasteiger partial charge on any atom is -0.493 e. The molecule has 0 aliphatic heterocycles. The van der Waals surface area contributed by atoms with Crippen LogP contribution in [0.25, 0.3) is 11.3 Å². The highest BCUT2D eigenvalue weighted by Crippen LogP contribution is 2.35. The number of thiazole rings is 1. The van der Waals surface area contributed by atoms with Crippen molar-refractivity contribution in [1.29, 1.82) is 0 Å². The number of hydrogen-bond donors (Lipinski definition) is 0. The zero-order chi connectivity index (χ0) is 23.2. The van der Waals surface area contributed by atoms with Crippen LogP contribution in [0.15, 0.2) is 47.8 Å². The SMILES string of the molecule is CCCN(C(=O)c1ccc(OC)c(OC)c1)c1nc(-c2ccc(C3CCCCC3)cc2)cs1. The van der Waals surface area contributed by atoms with Gasteiger partial charge in [-0.2, -0.15) is 0 Å². The summed E-state index contributed by atoms with van der Waals surface area (Å²) in [5.74, 6) is 1.74. The van der Waals surface area contributed by atoms with E-state index in [1.165, 1.54) is 49.0 Å². The van der Waals surface area contributed by atoms with E-state index in [1.54, 1.807) is 37.3 Å². The molecule has 1 aromatic heterocycles. The van der Waals surface area contributed by atoms with Crippen molar-refractivity contribution in [1.82, 2.24) is 4.98 Å². The Bertz CT molecular complexity index is 1070. The summed E-state index contributed by atoms with van der Waals surface area (Å²) in [4.78, 5) is 20.0. The normalized spacial score (nSPS) is 14.2. The molecule has 5 nitrogen and oxygen atoms in total. The Kier molecular flexibility index (Phi) is 7.65. The molecule has 0 saturated heterocycles. The van der Waals surface area contributed by atoms with Crippen LogP contribution < -0.4 is 14.4 Å². The lowest BCUT2D eigenvalue weighted by atomic mass is 9.84. The van der Waals surface area contributed by atoms with Crippen molar-refractivity contribution in [2.45, 2.75) is 51.4 Å². The molecule has 1 aliphatic rings. The van der Waals surface area contributed by atoms with Gasteiger partial charge in [0.15, 0.2) is 16.6 Å². The molecule has 2 aromatic carbocycles. The van der Waals surface area contributed by atoms with Gasteiger partial charge in [0, 0.05) is 23.1 Å². The molecule has 6 heteroatoms. The number of amides is 1. The molecule has 1 saturated carbocycles. The van der Waals surface area contributed by atoms with Crippen LogP contribution in [0.2, 0.25) is 0 Å². The highest BCUT2D eigenvalue weighted by Gasteiger charge is 2.22. The highest BCUT2D eigenvalue weighted by molar-refractivity contribution is 7.14. The fourth-order valence-corrected chi connectivity index (χ4v) is 5.37. The zero-order valence-electron chi connectivity index (χ0n) is 19.7. The van der Waals surface area contributed by atoms with E-state index in [-0.39, 0.29) is 5.91 Å². The van der Waals surface area contributed by atoms with Crippen molar-refractivity contribution < 1.29 is 14.3 Å². The summed E-state index contributed by atoms with van der Waals surface area (Å²) in [6, 6.07) is 14.1. The number of methoxy groups -OCH3 is 2. The van der Waals surface area contributed by atoms with Crippen LogP contribution in [-0.2, 0) is 0 Å². The third-order valence-electron chi connectivity index (χ3n) is 6.33. The topological polar surface area (TPSA) is 51.7 Å². The minimum atomic E-state index is -0.0913. The van der Waals surface area contributed by atoms with Crippen molar-refractivity contribution in [2.24, 2.45) is 0 Å². The van der Waals surface area contributed by atoms with Gasteiger partial charge < -0.3 is 9.47 Å². The fourth-order valence-electron chi connectivity index (χ4n) is 4.52. The Labute approximate surface area is 200 Å². The summed E-state index contributed by atoms with van der Waals surface area (Å²) >= 11 is 1.50. The predicted molar refractivity (Wildman–Crippen MR) is 135 cm³/mol.